The molecule has 0 aromatic heterocycles. The second-order valence-electron chi connectivity index (χ2n) is 5.31. The zero-order valence-electron chi connectivity index (χ0n) is 13.4. The third-order valence-electron chi connectivity index (χ3n) is 3.44. The van der Waals surface area contributed by atoms with Crippen molar-refractivity contribution in [1.29, 1.82) is 0 Å². The Hall–Kier alpha value is -2.34. The van der Waals surface area contributed by atoms with Crippen LogP contribution in [0.5, 0.6) is 0 Å². The van der Waals surface area contributed by atoms with Gasteiger partial charge in [-0.05, 0) is 48.7 Å². The molecule has 5 nitrogen and oxygen atoms in total. The van der Waals surface area contributed by atoms with Gasteiger partial charge < -0.3 is 5.32 Å². The highest BCUT2D eigenvalue weighted by molar-refractivity contribution is 7.92. The second-order valence-corrected chi connectivity index (χ2v) is 7.00. The average Bonchev–Trinajstić information content (AvgIpc) is 2.50. The number of sulfonamides is 1. The van der Waals surface area contributed by atoms with Crippen LogP contribution < -0.4 is 10.0 Å². The SMILES string of the molecule is CCc1ccc(S(=O)(=O)Nc2cc(NC(C)=O)ccc2C)cc1. The molecule has 2 aromatic carbocycles. The maximum atomic E-state index is 12.5. The van der Waals surface area contributed by atoms with Crippen LogP contribution in [0.25, 0.3) is 0 Å². The highest BCUT2D eigenvalue weighted by Crippen LogP contribution is 2.23. The van der Waals surface area contributed by atoms with Crippen LogP contribution in [0.4, 0.5) is 11.4 Å². The van der Waals surface area contributed by atoms with Crippen LogP contribution >= 0.6 is 0 Å². The summed E-state index contributed by atoms with van der Waals surface area (Å²) < 4.78 is 27.6. The molecule has 0 aliphatic carbocycles. The molecule has 0 radical (unpaired) electrons. The van der Waals surface area contributed by atoms with E-state index < -0.39 is 10.0 Å². The molecule has 6 heteroatoms. The van der Waals surface area contributed by atoms with Crippen molar-refractivity contribution in [3.63, 3.8) is 0 Å². The largest absolute Gasteiger partial charge is 0.326 e. The number of carbonyl (C=O) groups excluding carboxylic acids is 1. The van der Waals surface area contributed by atoms with Crippen LogP contribution in [0.2, 0.25) is 0 Å². The Morgan fingerprint density at radius 2 is 1.74 bits per heavy atom. The van der Waals surface area contributed by atoms with E-state index in [1.54, 1.807) is 49.4 Å². The fourth-order valence-corrected chi connectivity index (χ4v) is 3.24. The number of benzene rings is 2. The number of amides is 1. The van der Waals surface area contributed by atoms with Crippen LogP contribution in [-0.2, 0) is 21.2 Å². The lowest BCUT2D eigenvalue weighted by molar-refractivity contribution is -0.114. The van der Waals surface area contributed by atoms with E-state index in [9.17, 15) is 13.2 Å². The molecule has 0 saturated heterocycles. The molecule has 2 aromatic rings. The fourth-order valence-electron chi connectivity index (χ4n) is 2.12. The highest BCUT2D eigenvalue weighted by atomic mass is 32.2. The monoisotopic (exact) mass is 332 g/mol. The number of carbonyl (C=O) groups is 1. The number of hydrogen-bond donors (Lipinski definition) is 2. The Bertz CT molecular complexity index is 812. The van der Waals surface area contributed by atoms with Crippen LogP contribution in [0.15, 0.2) is 47.4 Å². The van der Waals surface area contributed by atoms with Gasteiger partial charge in [0, 0.05) is 12.6 Å². The minimum absolute atomic E-state index is 0.207. The molecule has 2 rings (SSSR count). The van der Waals surface area contributed by atoms with Gasteiger partial charge in [0.25, 0.3) is 10.0 Å². The molecule has 1 amide bonds. The molecule has 2 N–H and O–H groups in total. The molecule has 0 aliphatic rings. The van der Waals surface area contributed by atoms with E-state index in [4.69, 9.17) is 0 Å². The van der Waals surface area contributed by atoms with E-state index in [1.807, 2.05) is 6.92 Å². The average molecular weight is 332 g/mol. The Morgan fingerprint density at radius 1 is 1.09 bits per heavy atom. The van der Waals surface area contributed by atoms with Gasteiger partial charge in [-0.1, -0.05) is 25.1 Å². The van der Waals surface area contributed by atoms with Gasteiger partial charge in [-0.2, -0.15) is 0 Å². The normalized spacial score (nSPS) is 11.1. The summed E-state index contributed by atoms with van der Waals surface area (Å²) in [5.41, 5.74) is 2.83. The van der Waals surface area contributed by atoms with Gasteiger partial charge in [0.2, 0.25) is 5.91 Å². The molecule has 0 aliphatic heterocycles. The fraction of sp³-hybridized carbons (Fsp3) is 0.235. The van der Waals surface area contributed by atoms with Gasteiger partial charge in [0.05, 0.1) is 10.6 Å². The zero-order chi connectivity index (χ0) is 17.0. The molecule has 0 atom stereocenters. The van der Waals surface area contributed by atoms with Gasteiger partial charge in [0.1, 0.15) is 0 Å². The maximum absolute atomic E-state index is 12.5. The van der Waals surface area contributed by atoms with Gasteiger partial charge in [-0.3, -0.25) is 9.52 Å². The second kappa shape index (κ2) is 6.83. The molecule has 122 valence electrons. The van der Waals surface area contributed by atoms with Crippen molar-refractivity contribution in [2.24, 2.45) is 0 Å². The van der Waals surface area contributed by atoms with Crippen molar-refractivity contribution in [2.75, 3.05) is 10.0 Å². The molecule has 0 fully saturated rings. The molecule has 0 bridgehead atoms. The summed E-state index contributed by atoms with van der Waals surface area (Å²) in [6.07, 6.45) is 0.853. The topological polar surface area (TPSA) is 75.3 Å². The lowest BCUT2D eigenvalue weighted by Crippen LogP contribution is -2.14. The van der Waals surface area contributed by atoms with Crippen molar-refractivity contribution in [3.05, 3.63) is 53.6 Å². The highest BCUT2D eigenvalue weighted by Gasteiger charge is 2.15. The first-order chi connectivity index (χ1) is 10.8. The molecule has 0 unspecified atom stereocenters. The van der Waals surface area contributed by atoms with Gasteiger partial charge >= 0.3 is 0 Å². The van der Waals surface area contributed by atoms with E-state index in [-0.39, 0.29) is 10.8 Å². The smallest absolute Gasteiger partial charge is 0.261 e. The Kier molecular flexibility index (Phi) is 5.05. The van der Waals surface area contributed by atoms with E-state index in [2.05, 4.69) is 10.0 Å². The molecule has 0 saturated carbocycles. The molecule has 0 heterocycles. The molecule has 0 spiro atoms. The quantitative estimate of drug-likeness (QED) is 0.882. The van der Waals surface area contributed by atoms with Crippen LogP contribution in [0.1, 0.15) is 25.0 Å². The minimum Gasteiger partial charge on any atom is -0.326 e. The summed E-state index contributed by atoms with van der Waals surface area (Å²) in [5, 5.41) is 2.64. The third kappa shape index (κ3) is 4.32. The number of hydrogen-bond acceptors (Lipinski definition) is 3. The van der Waals surface area contributed by atoms with Crippen molar-refractivity contribution >= 4 is 27.3 Å². The molecular formula is C17H20N2O3S. The molecule has 23 heavy (non-hydrogen) atoms. The van der Waals surface area contributed by atoms with Gasteiger partial charge in [-0.15, -0.1) is 0 Å². The van der Waals surface area contributed by atoms with Crippen LogP contribution in [-0.4, -0.2) is 14.3 Å². The Labute approximate surface area is 136 Å². The lowest BCUT2D eigenvalue weighted by Gasteiger charge is -2.13. The third-order valence-corrected chi connectivity index (χ3v) is 4.83. The molecular weight excluding hydrogens is 312 g/mol. The number of rotatable bonds is 5. The van der Waals surface area contributed by atoms with Crippen molar-refractivity contribution in [1.82, 2.24) is 0 Å². The lowest BCUT2D eigenvalue weighted by atomic mass is 10.2. The zero-order valence-corrected chi connectivity index (χ0v) is 14.2. The summed E-state index contributed by atoms with van der Waals surface area (Å²) in [6, 6.07) is 11.9. The van der Waals surface area contributed by atoms with E-state index in [1.165, 1.54) is 6.92 Å². The Balaban J connectivity index is 2.30. The summed E-state index contributed by atoms with van der Waals surface area (Å²) in [4.78, 5) is 11.3. The summed E-state index contributed by atoms with van der Waals surface area (Å²) >= 11 is 0. The van der Waals surface area contributed by atoms with Crippen molar-refractivity contribution < 1.29 is 13.2 Å². The minimum atomic E-state index is -3.67. The summed E-state index contributed by atoms with van der Waals surface area (Å²) in [5.74, 6) is -0.210. The van der Waals surface area contributed by atoms with Crippen LogP contribution in [0.3, 0.4) is 0 Å². The van der Waals surface area contributed by atoms with Gasteiger partial charge in [0.15, 0.2) is 0 Å². The first kappa shape index (κ1) is 17.0. The predicted molar refractivity (Wildman–Crippen MR) is 92.1 cm³/mol. The first-order valence-electron chi connectivity index (χ1n) is 7.32. The Morgan fingerprint density at radius 3 is 2.30 bits per heavy atom. The predicted octanol–water partition coefficient (Wildman–Crippen LogP) is 3.32. The summed E-state index contributed by atoms with van der Waals surface area (Å²) in [7, 11) is -3.67. The van der Waals surface area contributed by atoms with Crippen LogP contribution in [0, 0.1) is 6.92 Å². The van der Waals surface area contributed by atoms with E-state index in [0.29, 0.717) is 11.4 Å². The number of nitrogens with one attached hydrogen (secondary N) is 2. The number of anilines is 2. The van der Waals surface area contributed by atoms with E-state index in [0.717, 1.165) is 17.5 Å². The summed E-state index contributed by atoms with van der Waals surface area (Å²) in [6.45, 7) is 5.22. The first-order valence-corrected chi connectivity index (χ1v) is 8.80. The van der Waals surface area contributed by atoms with E-state index >= 15 is 0 Å². The number of aryl methyl sites for hydroxylation is 2. The maximum Gasteiger partial charge on any atom is 0.261 e. The standard InChI is InChI=1S/C17H20N2O3S/c1-4-14-6-9-16(10-7-14)23(21,22)19-17-11-15(18-13(3)20)8-5-12(17)2/h5-11,19H,4H2,1-3H3,(H,18,20). The van der Waals surface area contributed by atoms with Crippen molar-refractivity contribution in [3.8, 4) is 0 Å². The van der Waals surface area contributed by atoms with Crippen molar-refractivity contribution in [2.45, 2.75) is 32.1 Å². The van der Waals surface area contributed by atoms with Gasteiger partial charge in [-0.25, -0.2) is 8.42 Å².